The molecule has 2 aromatic carbocycles. The molecule has 0 aromatic heterocycles. The van der Waals surface area contributed by atoms with Gasteiger partial charge in [-0.15, -0.1) is 0 Å². The minimum absolute atomic E-state index is 0.149. The summed E-state index contributed by atoms with van der Waals surface area (Å²) in [6.07, 6.45) is 1.82. The maximum absolute atomic E-state index is 12.5. The number of nitrogen functional groups attached to an aromatic ring is 1. The summed E-state index contributed by atoms with van der Waals surface area (Å²) in [6.45, 7) is 0.690. The van der Waals surface area contributed by atoms with Crippen LogP contribution in [0.15, 0.2) is 42.5 Å². The topological polar surface area (TPSA) is 58.4 Å². The lowest BCUT2D eigenvalue weighted by molar-refractivity contribution is 0.256. The average molecular weight is 302 g/mol. The van der Waals surface area contributed by atoms with Crippen LogP contribution in [0.3, 0.4) is 0 Å². The summed E-state index contributed by atoms with van der Waals surface area (Å²) in [4.78, 5) is 14.2. The van der Waals surface area contributed by atoms with E-state index >= 15 is 0 Å². The van der Waals surface area contributed by atoms with Gasteiger partial charge in [0.1, 0.15) is 0 Å². The number of amides is 2. The predicted molar refractivity (Wildman–Crippen MR) is 87.0 cm³/mol. The van der Waals surface area contributed by atoms with Crippen LogP contribution >= 0.6 is 11.6 Å². The summed E-state index contributed by atoms with van der Waals surface area (Å²) >= 11 is 5.84. The lowest BCUT2D eigenvalue weighted by Gasteiger charge is -2.30. The van der Waals surface area contributed by atoms with E-state index in [0.29, 0.717) is 11.6 Å². The number of nitrogens with two attached hydrogens (primary N) is 1. The van der Waals surface area contributed by atoms with Gasteiger partial charge in [-0.2, -0.15) is 0 Å². The van der Waals surface area contributed by atoms with E-state index in [2.05, 4.69) is 5.32 Å². The van der Waals surface area contributed by atoms with Crippen LogP contribution in [0.1, 0.15) is 12.0 Å². The highest BCUT2D eigenvalue weighted by atomic mass is 35.5. The maximum atomic E-state index is 12.5. The van der Waals surface area contributed by atoms with Crippen LogP contribution in [-0.4, -0.2) is 12.6 Å². The molecule has 108 valence electrons. The molecule has 2 amide bonds. The number of halogens is 1. The van der Waals surface area contributed by atoms with E-state index in [0.717, 1.165) is 35.5 Å². The smallest absolute Gasteiger partial charge is 0.326 e. The van der Waals surface area contributed by atoms with Crippen molar-refractivity contribution < 1.29 is 4.79 Å². The molecule has 1 aliphatic heterocycles. The van der Waals surface area contributed by atoms with Gasteiger partial charge in [-0.05, 0) is 54.8 Å². The van der Waals surface area contributed by atoms with Crippen molar-refractivity contribution in [1.82, 2.24) is 0 Å². The minimum Gasteiger partial charge on any atom is -0.398 e. The van der Waals surface area contributed by atoms with Crippen molar-refractivity contribution in [2.75, 3.05) is 22.5 Å². The van der Waals surface area contributed by atoms with Crippen LogP contribution in [-0.2, 0) is 6.42 Å². The molecule has 3 rings (SSSR count). The van der Waals surface area contributed by atoms with Gasteiger partial charge in [0.25, 0.3) is 0 Å². The lowest BCUT2D eigenvalue weighted by atomic mass is 10.0. The molecular weight excluding hydrogens is 286 g/mol. The molecule has 0 radical (unpaired) electrons. The SMILES string of the molecule is Nc1cccc2c1CCCN2C(=O)Nc1ccc(Cl)cc1. The van der Waals surface area contributed by atoms with E-state index in [1.807, 2.05) is 18.2 Å². The third kappa shape index (κ3) is 2.81. The van der Waals surface area contributed by atoms with Gasteiger partial charge < -0.3 is 11.1 Å². The zero-order chi connectivity index (χ0) is 14.8. The Morgan fingerprint density at radius 2 is 1.95 bits per heavy atom. The van der Waals surface area contributed by atoms with Crippen molar-refractivity contribution in [2.24, 2.45) is 0 Å². The Kier molecular flexibility index (Phi) is 3.71. The summed E-state index contributed by atoms with van der Waals surface area (Å²) in [7, 11) is 0. The van der Waals surface area contributed by atoms with Crippen molar-refractivity contribution in [1.29, 1.82) is 0 Å². The van der Waals surface area contributed by atoms with Crippen LogP contribution in [0.5, 0.6) is 0 Å². The zero-order valence-electron chi connectivity index (χ0n) is 11.5. The van der Waals surface area contributed by atoms with Crippen LogP contribution in [0.4, 0.5) is 21.9 Å². The molecular formula is C16H16ClN3O. The number of fused-ring (bicyclic) bond motifs is 1. The third-order valence-electron chi connectivity index (χ3n) is 3.63. The van der Waals surface area contributed by atoms with Crippen molar-refractivity contribution in [3.63, 3.8) is 0 Å². The highest BCUT2D eigenvalue weighted by molar-refractivity contribution is 6.30. The van der Waals surface area contributed by atoms with Crippen LogP contribution < -0.4 is 16.0 Å². The van der Waals surface area contributed by atoms with E-state index in [-0.39, 0.29) is 6.03 Å². The molecule has 0 unspecified atom stereocenters. The fraction of sp³-hybridized carbons (Fsp3) is 0.188. The van der Waals surface area contributed by atoms with Gasteiger partial charge in [0.2, 0.25) is 0 Å². The number of nitrogens with zero attached hydrogens (tertiary/aromatic N) is 1. The Hall–Kier alpha value is -2.20. The highest BCUT2D eigenvalue weighted by Crippen LogP contribution is 2.31. The zero-order valence-corrected chi connectivity index (χ0v) is 12.2. The van der Waals surface area contributed by atoms with Gasteiger partial charge in [-0.25, -0.2) is 4.79 Å². The number of hydrogen-bond donors (Lipinski definition) is 2. The maximum Gasteiger partial charge on any atom is 0.326 e. The first-order valence-electron chi connectivity index (χ1n) is 6.86. The molecule has 21 heavy (non-hydrogen) atoms. The number of carbonyl (C=O) groups excluding carboxylic acids is 1. The van der Waals surface area contributed by atoms with E-state index in [1.165, 1.54) is 0 Å². The van der Waals surface area contributed by atoms with Crippen molar-refractivity contribution in [3.05, 3.63) is 53.1 Å². The molecule has 0 saturated heterocycles. The first-order chi connectivity index (χ1) is 10.1. The summed E-state index contributed by atoms with van der Waals surface area (Å²) in [5.74, 6) is 0. The summed E-state index contributed by atoms with van der Waals surface area (Å²) in [6, 6.07) is 12.6. The fourth-order valence-electron chi connectivity index (χ4n) is 2.59. The molecule has 3 N–H and O–H groups in total. The second kappa shape index (κ2) is 5.66. The van der Waals surface area contributed by atoms with Gasteiger partial charge in [0.15, 0.2) is 0 Å². The first-order valence-corrected chi connectivity index (χ1v) is 7.24. The molecule has 1 heterocycles. The number of nitrogens with one attached hydrogen (secondary N) is 1. The largest absolute Gasteiger partial charge is 0.398 e. The molecule has 5 heteroatoms. The molecule has 0 spiro atoms. The molecule has 0 fully saturated rings. The van der Waals surface area contributed by atoms with Gasteiger partial charge >= 0.3 is 6.03 Å². The molecule has 0 aliphatic carbocycles. The second-order valence-electron chi connectivity index (χ2n) is 5.04. The Labute approximate surface area is 128 Å². The van der Waals surface area contributed by atoms with Gasteiger partial charge in [0, 0.05) is 22.9 Å². The van der Waals surface area contributed by atoms with Gasteiger partial charge in [-0.3, -0.25) is 4.90 Å². The lowest BCUT2D eigenvalue weighted by Crippen LogP contribution is -2.38. The number of urea groups is 1. The number of carbonyl (C=O) groups is 1. The van der Waals surface area contributed by atoms with Crippen molar-refractivity contribution >= 4 is 34.7 Å². The molecule has 0 atom stereocenters. The Bertz CT molecular complexity index is 670. The minimum atomic E-state index is -0.149. The average Bonchev–Trinajstić information content (AvgIpc) is 2.49. The van der Waals surface area contributed by atoms with Crippen molar-refractivity contribution in [3.8, 4) is 0 Å². The van der Waals surface area contributed by atoms with E-state index < -0.39 is 0 Å². The quantitative estimate of drug-likeness (QED) is 0.785. The summed E-state index contributed by atoms with van der Waals surface area (Å²) in [5.41, 5.74) is 9.42. The standard InChI is InChI=1S/C16H16ClN3O/c17-11-6-8-12(9-7-11)19-16(21)20-10-2-3-13-14(18)4-1-5-15(13)20/h1,4-9H,2-3,10,18H2,(H,19,21). The first kappa shape index (κ1) is 13.8. The normalized spacial score (nSPS) is 13.7. The number of benzene rings is 2. The van der Waals surface area contributed by atoms with E-state index in [1.54, 1.807) is 29.2 Å². The molecule has 0 saturated carbocycles. The van der Waals surface area contributed by atoms with Crippen LogP contribution in [0.25, 0.3) is 0 Å². The van der Waals surface area contributed by atoms with E-state index in [9.17, 15) is 4.79 Å². The Morgan fingerprint density at radius 1 is 1.19 bits per heavy atom. The Morgan fingerprint density at radius 3 is 2.71 bits per heavy atom. The molecule has 0 bridgehead atoms. The van der Waals surface area contributed by atoms with Crippen LogP contribution in [0.2, 0.25) is 5.02 Å². The molecule has 1 aliphatic rings. The monoisotopic (exact) mass is 301 g/mol. The van der Waals surface area contributed by atoms with Gasteiger partial charge in [0.05, 0.1) is 5.69 Å². The predicted octanol–water partition coefficient (Wildman–Crippen LogP) is 3.91. The number of hydrogen-bond acceptors (Lipinski definition) is 2. The highest BCUT2D eigenvalue weighted by Gasteiger charge is 2.23. The third-order valence-corrected chi connectivity index (χ3v) is 3.88. The number of anilines is 3. The van der Waals surface area contributed by atoms with Crippen LogP contribution in [0, 0.1) is 0 Å². The van der Waals surface area contributed by atoms with E-state index in [4.69, 9.17) is 17.3 Å². The summed E-state index contributed by atoms with van der Waals surface area (Å²) < 4.78 is 0. The molecule has 2 aromatic rings. The van der Waals surface area contributed by atoms with Gasteiger partial charge in [-0.1, -0.05) is 17.7 Å². The molecule has 4 nitrogen and oxygen atoms in total. The summed E-state index contributed by atoms with van der Waals surface area (Å²) in [5, 5.41) is 3.53. The second-order valence-corrected chi connectivity index (χ2v) is 5.47. The Balaban J connectivity index is 1.83. The van der Waals surface area contributed by atoms with Crippen molar-refractivity contribution in [2.45, 2.75) is 12.8 Å². The fourth-order valence-corrected chi connectivity index (χ4v) is 2.71. The number of rotatable bonds is 1.